The van der Waals surface area contributed by atoms with Gasteiger partial charge in [-0.1, -0.05) is 44.2 Å². The summed E-state index contributed by atoms with van der Waals surface area (Å²) in [4.78, 5) is 25.6. The fourth-order valence-electron chi connectivity index (χ4n) is 3.77. The summed E-state index contributed by atoms with van der Waals surface area (Å²) in [6, 6.07) is 12.9. The van der Waals surface area contributed by atoms with E-state index in [2.05, 4.69) is 0 Å². The maximum Gasteiger partial charge on any atom is 0.345 e. The molecule has 0 radical (unpaired) electrons. The fourth-order valence-corrected chi connectivity index (χ4v) is 3.77. The van der Waals surface area contributed by atoms with Gasteiger partial charge in [-0.25, -0.2) is 13.6 Å². The molecule has 0 aliphatic carbocycles. The zero-order chi connectivity index (χ0) is 25.1. The van der Waals surface area contributed by atoms with Gasteiger partial charge < -0.3 is 14.0 Å². The summed E-state index contributed by atoms with van der Waals surface area (Å²) < 4.78 is 43.3. The summed E-state index contributed by atoms with van der Waals surface area (Å²) in [7, 11) is 0. The summed E-state index contributed by atoms with van der Waals surface area (Å²) in [5.74, 6) is -0.965. The van der Waals surface area contributed by atoms with Gasteiger partial charge in [-0.05, 0) is 36.6 Å². The van der Waals surface area contributed by atoms with Crippen molar-refractivity contribution in [2.45, 2.75) is 27.3 Å². The first kappa shape index (κ1) is 24.2. The minimum Gasteiger partial charge on any atom is -0.493 e. The Labute approximate surface area is 201 Å². The Hall–Kier alpha value is -3.94. The smallest absolute Gasteiger partial charge is 0.345 e. The van der Waals surface area contributed by atoms with Crippen molar-refractivity contribution < 1.29 is 23.0 Å². The molecule has 6 nitrogen and oxygen atoms in total. The highest BCUT2D eigenvalue weighted by molar-refractivity contribution is 5.89. The molecule has 0 saturated carbocycles. The lowest BCUT2D eigenvalue weighted by Crippen LogP contribution is -2.26. The number of fused-ring (bicyclic) bond motifs is 1. The molecule has 0 N–H and O–H groups in total. The van der Waals surface area contributed by atoms with E-state index in [1.54, 1.807) is 49.4 Å². The number of halogens is 2. The molecule has 35 heavy (non-hydrogen) atoms. The number of hydrogen-bond donors (Lipinski definition) is 0. The Bertz CT molecular complexity index is 1420. The summed E-state index contributed by atoms with van der Waals surface area (Å²) in [6.45, 7) is 6.23. The maximum atomic E-state index is 15.8. The fraction of sp³-hybridized carbons (Fsp3) is 0.259. The number of nitrogens with zero attached hydrogens (tertiary/aromatic N) is 2. The van der Waals surface area contributed by atoms with Crippen molar-refractivity contribution in [3.05, 3.63) is 94.0 Å². The zero-order valence-corrected chi connectivity index (χ0v) is 19.8. The van der Waals surface area contributed by atoms with E-state index in [0.29, 0.717) is 23.8 Å². The van der Waals surface area contributed by atoms with Gasteiger partial charge in [-0.15, -0.1) is 0 Å². The van der Waals surface area contributed by atoms with Crippen LogP contribution >= 0.6 is 0 Å². The molecule has 182 valence electrons. The number of carbonyl (C=O) groups excluding carboxylic acids is 1. The Morgan fingerprint density at radius 2 is 1.74 bits per heavy atom. The SMILES string of the molecule is CCOC(=O)c1cn(Cc2ccccc2F)c2c(F)c(-c3ccc(OCC(C)C)cc3)cn2c1=O. The molecule has 2 heterocycles. The van der Waals surface area contributed by atoms with Crippen LogP contribution in [0.2, 0.25) is 0 Å². The minimum atomic E-state index is -0.830. The van der Waals surface area contributed by atoms with Crippen molar-refractivity contribution in [1.82, 2.24) is 8.97 Å². The van der Waals surface area contributed by atoms with Crippen LogP contribution in [-0.4, -0.2) is 28.2 Å². The molecule has 0 fully saturated rings. The van der Waals surface area contributed by atoms with Gasteiger partial charge in [0, 0.05) is 23.5 Å². The van der Waals surface area contributed by atoms with Gasteiger partial charge in [-0.3, -0.25) is 9.20 Å². The van der Waals surface area contributed by atoms with Crippen LogP contribution in [0.3, 0.4) is 0 Å². The van der Waals surface area contributed by atoms with Gasteiger partial charge >= 0.3 is 5.97 Å². The summed E-state index contributed by atoms with van der Waals surface area (Å²) in [6.07, 6.45) is 2.56. The van der Waals surface area contributed by atoms with Crippen molar-refractivity contribution in [2.75, 3.05) is 13.2 Å². The van der Waals surface area contributed by atoms with Crippen LogP contribution in [0.15, 0.2) is 65.7 Å². The van der Waals surface area contributed by atoms with Crippen molar-refractivity contribution in [3.8, 4) is 16.9 Å². The maximum absolute atomic E-state index is 15.8. The van der Waals surface area contributed by atoms with E-state index in [9.17, 15) is 14.0 Å². The summed E-state index contributed by atoms with van der Waals surface area (Å²) in [5, 5.41) is 0. The average Bonchev–Trinajstić information content (AvgIpc) is 3.19. The van der Waals surface area contributed by atoms with Crippen molar-refractivity contribution in [1.29, 1.82) is 0 Å². The van der Waals surface area contributed by atoms with Gasteiger partial charge in [0.05, 0.1) is 19.8 Å². The van der Waals surface area contributed by atoms with Crippen LogP contribution in [0.25, 0.3) is 16.8 Å². The third-order valence-electron chi connectivity index (χ3n) is 5.47. The molecule has 0 saturated heterocycles. The third-order valence-corrected chi connectivity index (χ3v) is 5.47. The molecule has 0 bridgehead atoms. The first-order chi connectivity index (χ1) is 16.8. The number of carbonyl (C=O) groups is 1. The predicted octanol–water partition coefficient (Wildman–Crippen LogP) is 5.31. The van der Waals surface area contributed by atoms with Crippen molar-refractivity contribution in [3.63, 3.8) is 0 Å². The monoisotopic (exact) mass is 480 g/mol. The quantitative estimate of drug-likeness (QED) is 0.321. The van der Waals surface area contributed by atoms with E-state index in [1.165, 1.54) is 23.0 Å². The van der Waals surface area contributed by atoms with Crippen LogP contribution < -0.4 is 10.3 Å². The second-order valence-corrected chi connectivity index (χ2v) is 8.57. The Morgan fingerprint density at radius 1 is 1.03 bits per heavy atom. The highest BCUT2D eigenvalue weighted by atomic mass is 19.1. The number of rotatable bonds is 8. The summed E-state index contributed by atoms with van der Waals surface area (Å²) >= 11 is 0. The van der Waals surface area contributed by atoms with E-state index in [1.807, 2.05) is 13.8 Å². The van der Waals surface area contributed by atoms with Crippen molar-refractivity contribution in [2.24, 2.45) is 5.92 Å². The molecular weight excluding hydrogens is 454 g/mol. The van der Waals surface area contributed by atoms with Crippen LogP contribution in [0.5, 0.6) is 5.75 Å². The predicted molar refractivity (Wildman–Crippen MR) is 129 cm³/mol. The number of hydrogen-bond acceptors (Lipinski definition) is 4. The summed E-state index contributed by atoms with van der Waals surface area (Å²) in [5.41, 5.74) is -0.0959. The molecule has 8 heteroatoms. The second kappa shape index (κ2) is 10.1. The van der Waals surface area contributed by atoms with E-state index in [-0.39, 0.29) is 35.5 Å². The largest absolute Gasteiger partial charge is 0.493 e. The average molecular weight is 481 g/mol. The molecule has 0 spiro atoms. The lowest BCUT2D eigenvalue weighted by molar-refractivity contribution is 0.0523. The first-order valence-electron chi connectivity index (χ1n) is 11.4. The van der Waals surface area contributed by atoms with Crippen LogP contribution in [-0.2, 0) is 11.3 Å². The van der Waals surface area contributed by atoms with Crippen LogP contribution in [0, 0.1) is 17.6 Å². The normalized spacial score (nSPS) is 11.3. The van der Waals surface area contributed by atoms with Gasteiger partial charge in [0.1, 0.15) is 17.1 Å². The molecule has 4 rings (SSSR count). The van der Waals surface area contributed by atoms with Gasteiger partial charge in [0.15, 0.2) is 11.5 Å². The van der Waals surface area contributed by atoms with Gasteiger partial charge in [0.2, 0.25) is 0 Å². The molecule has 0 aliphatic heterocycles. The molecule has 2 aromatic heterocycles. The Kier molecular flexibility index (Phi) is 7.00. The second-order valence-electron chi connectivity index (χ2n) is 8.57. The van der Waals surface area contributed by atoms with Gasteiger partial charge in [0.25, 0.3) is 5.56 Å². The number of ether oxygens (including phenoxy) is 2. The molecule has 0 amide bonds. The molecular formula is C27H26F2N2O4. The van der Waals surface area contributed by atoms with E-state index in [4.69, 9.17) is 9.47 Å². The molecule has 0 atom stereocenters. The molecule has 0 unspecified atom stereocenters. The zero-order valence-electron chi connectivity index (χ0n) is 19.8. The highest BCUT2D eigenvalue weighted by Crippen LogP contribution is 2.29. The highest BCUT2D eigenvalue weighted by Gasteiger charge is 2.23. The van der Waals surface area contributed by atoms with Crippen molar-refractivity contribution >= 4 is 11.6 Å². The third kappa shape index (κ3) is 4.96. The number of benzene rings is 2. The molecule has 0 aliphatic rings. The van der Waals surface area contributed by atoms with E-state index in [0.717, 1.165) is 4.40 Å². The lowest BCUT2D eigenvalue weighted by atomic mass is 10.1. The number of esters is 1. The molecule has 2 aromatic carbocycles. The lowest BCUT2D eigenvalue weighted by Gasteiger charge is -2.12. The minimum absolute atomic E-state index is 0.0696. The van der Waals surface area contributed by atoms with E-state index < -0.39 is 23.2 Å². The topological polar surface area (TPSA) is 61.9 Å². The Morgan fingerprint density at radius 3 is 2.40 bits per heavy atom. The molecule has 4 aromatic rings. The van der Waals surface area contributed by atoms with Crippen LogP contribution in [0.1, 0.15) is 36.7 Å². The van der Waals surface area contributed by atoms with Crippen LogP contribution in [0.4, 0.5) is 8.78 Å². The first-order valence-corrected chi connectivity index (χ1v) is 11.4. The number of aromatic nitrogens is 2. The standard InChI is InChI=1S/C27H26F2N2O4/c1-4-34-27(33)22-14-30(13-19-7-5-6-8-23(19)28)25-24(29)21(15-31(25)26(22)32)18-9-11-20(12-10-18)35-16-17(2)3/h5-12,14-15,17H,4,13,16H2,1-3H3. The van der Waals surface area contributed by atoms with E-state index >= 15 is 4.39 Å². The van der Waals surface area contributed by atoms with Gasteiger partial charge in [-0.2, -0.15) is 0 Å². The Balaban J connectivity index is 1.85.